The van der Waals surface area contributed by atoms with Crippen LogP contribution in [0.2, 0.25) is 0 Å². The summed E-state index contributed by atoms with van der Waals surface area (Å²) in [7, 11) is 0. The zero-order valence-corrected chi connectivity index (χ0v) is 12.8. The fraction of sp³-hybridized carbons (Fsp3) is 0.625. The predicted molar refractivity (Wildman–Crippen MR) is 82.5 cm³/mol. The van der Waals surface area contributed by atoms with Crippen molar-refractivity contribution in [2.45, 2.75) is 50.3 Å². The molecule has 1 heterocycles. The maximum absolute atomic E-state index is 10.3. The molecule has 5 N–H and O–H groups in total. The minimum Gasteiger partial charge on any atom is -0.388 e. The molecule has 0 aliphatic carbocycles. The van der Waals surface area contributed by atoms with Crippen molar-refractivity contribution in [1.29, 1.82) is 0 Å². The summed E-state index contributed by atoms with van der Waals surface area (Å²) in [6.07, 6.45) is -0.881. The van der Waals surface area contributed by atoms with Crippen molar-refractivity contribution in [3.8, 4) is 0 Å². The van der Waals surface area contributed by atoms with E-state index in [0.717, 1.165) is 24.9 Å². The summed E-state index contributed by atoms with van der Waals surface area (Å²) in [4.78, 5) is 0. The summed E-state index contributed by atoms with van der Waals surface area (Å²) in [6.45, 7) is 1.83. The quantitative estimate of drug-likeness (QED) is 0.516. The first-order chi connectivity index (χ1) is 10.5. The zero-order valence-electron chi connectivity index (χ0n) is 12.8. The number of ether oxygens (including phenoxy) is 1. The lowest BCUT2D eigenvalue weighted by molar-refractivity contribution is -0.313. The fourth-order valence-corrected chi connectivity index (χ4v) is 2.45. The second kappa shape index (κ2) is 7.39. The van der Waals surface area contributed by atoms with Crippen molar-refractivity contribution in [1.82, 2.24) is 0 Å². The molecule has 1 aliphatic rings. The molecule has 0 aromatic heterocycles. The SMILES string of the molecule is CCCCc1ccc(NC[C@@]2(O)OC[C@@H](O)[C@@H](O)[C@@H]2O)cc1. The zero-order chi connectivity index (χ0) is 16.2. The molecular weight excluding hydrogens is 286 g/mol. The molecule has 2 rings (SSSR count). The summed E-state index contributed by atoms with van der Waals surface area (Å²) in [5, 5.41) is 42.1. The Morgan fingerprint density at radius 3 is 2.55 bits per heavy atom. The largest absolute Gasteiger partial charge is 0.388 e. The van der Waals surface area contributed by atoms with E-state index in [1.807, 2.05) is 24.3 Å². The highest BCUT2D eigenvalue weighted by Crippen LogP contribution is 2.24. The Hall–Kier alpha value is -1.18. The number of anilines is 1. The van der Waals surface area contributed by atoms with Gasteiger partial charge in [-0.25, -0.2) is 0 Å². The number of benzene rings is 1. The van der Waals surface area contributed by atoms with Gasteiger partial charge in [0.2, 0.25) is 5.79 Å². The van der Waals surface area contributed by atoms with Gasteiger partial charge in [0, 0.05) is 5.69 Å². The molecule has 6 heteroatoms. The van der Waals surface area contributed by atoms with E-state index in [1.54, 1.807) is 0 Å². The van der Waals surface area contributed by atoms with Crippen LogP contribution in [0.25, 0.3) is 0 Å². The molecule has 1 aromatic rings. The first-order valence-corrected chi connectivity index (χ1v) is 7.69. The van der Waals surface area contributed by atoms with Gasteiger partial charge in [-0.15, -0.1) is 0 Å². The Labute approximate surface area is 130 Å². The molecule has 1 fully saturated rings. The fourth-order valence-electron chi connectivity index (χ4n) is 2.45. The van der Waals surface area contributed by atoms with E-state index in [-0.39, 0.29) is 13.2 Å². The van der Waals surface area contributed by atoms with Gasteiger partial charge in [-0.2, -0.15) is 0 Å². The van der Waals surface area contributed by atoms with E-state index in [1.165, 1.54) is 5.56 Å². The molecule has 1 aromatic carbocycles. The number of aryl methyl sites for hydroxylation is 1. The second-order valence-electron chi connectivity index (χ2n) is 5.81. The average molecular weight is 311 g/mol. The van der Waals surface area contributed by atoms with Crippen LogP contribution >= 0.6 is 0 Å². The highest BCUT2D eigenvalue weighted by atomic mass is 16.6. The van der Waals surface area contributed by atoms with E-state index in [4.69, 9.17) is 4.74 Å². The van der Waals surface area contributed by atoms with Crippen LogP contribution in [-0.2, 0) is 11.2 Å². The summed E-state index contributed by atoms with van der Waals surface area (Å²) < 4.78 is 5.09. The average Bonchev–Trinajstić information content (AvgIpc) is 2.54. The maximum atomic E-state index is 10.3. The third-order valence-electron chi connectivity index (χ3n) is 4.00. The number of rotatable bonds is 6. The normalized spacial score (nSPS) is 32.0. The summed E-state index contributed by atoms with van der Waals surface area (Å²) in [5.41, 5.74) is 2.03. The van der Waals surface area contributed by atoms with E-state index in [0.29, 0.717) is 0 Å². The number of nitrogens with one attached hydrogen (secondary N) is 1. The molecule has 4 atom stereocenters. The van der Waals surface area contributed by atoms with Crippen LogP contribution in [0, 0.1) is 0 Å². The van der Waals surface area contributed by atoms with Crippen molar-refractivity contribution in [2.24, 2.45) is 0 Å². The van der Waals surface area contributed by atoms with Crippen molar-refractivity contribution >= 4 is 5.69 Å². The first-order valence-electron chi connectivity index (χ1n) is 7.69. The maximum Gasteiger partial charge on any atom is 0.212 e. The molecule has 22 heavy (non-hydrogen) atoms. The third-order valence-corrected chi connectivity index (χ3v) is 4.00. The standard InChI is InChI=1S/C16H25NO5/c1-2-3-4-11-5-7-12(8-6-11)17-10-16(21)15(20)14(19)13(18)9-22-16/h5-8,13-15,17-21H,2-4,9-10H2,1H3/t13-,14-,15+,16-/m1/s1. The molecule has 0 radical (unpaired) electrons. The van der Waals surface area contributed by atoms with Crippen LogP contribution in [-0.4, -0.2) is 57.7 Å². The minimum absolute atomic E-state index is 0.0910. The van der Waals surface area contributed by atoms with Crippen LogP contribution in [0.3, 0.4) is 0 Å². The predicted octanol–water partition coefficient (Wildman–Crippen LogP) is 0.243. The molecule has 0 saturated carbocycles. The number of aliphatic hydroxyl groups is 4. The van der Waals surface area contributed by atoms with E-state index < -0.39 is 24.1 Å². The summed E-state index contributed by atoms with van der Waals surface area (Å²) in [6, 6.07) is 7.82. The van der Waals surface area contributed by atoms with Gasteiger partial charge in [0.25, 0.3) is 0 Å². The molecule has 0 bridgehead atoms. The van der Waals surface area contributed by atoms with Gasteiger partial charge >= 0.3 is 0 Å². The van der Waals surface area contributed by atoms with Crippen LogP contribution in [0.1, 0.15) is 25.3 Å². The molecular formula is C16H25NO5. The van der Waals surface area contributed by atoms with Crippen LogP contribution in [0.4, 0.5) is 5.69 Å². The van der Waals surface area contributed by atoms with E-state index in [2.05, 4.69) is 12.2 Å². The number of hydrogen-bond acceptors (Lipinski definition) is 6. The van der Waals surface area contributed by atoms with Gasteiger partial charge in [-0.1, -0.05) is 25.5 Å². The Morgan fingerprint density at radius 1 is 1.23 bits per heavy atom. The smallest absolute Gasteiger partial charge is 0.212 e. The van der Waals surface area contributed by atoms with Crippen molar-refractivity contribution in [2.75, 3.05) is 18.5 Å². The first kappa shape index (κ1) is 17.2. The second-order valence-corrected chi connectivity index (χ2v) is 5.81. The molecule has 0 spiro atoms. The van der Waals surface area contributed by atoms with Gasteiger partial charge in [-0.05, 0) is 30.5 Å². The lowest BCUT2D eigenvalue weighted by Gasteiger charge is -2.41. The molecule has 124 valence electrons. The molecule has 0 unspecified atom stereocenters. The molecule has 6 nitrogen and oxygen atoms in total. The summed E-state index contributed by atoms with van der Waals surface area (Å²) in [5.74, 6) is -1.93. The van der Waals surface area contributed by atoms with Gasteiger partial charge in [0.05, 0.1) is 13.2 Å². The van der Waals surface area contributed by atoms with Gasteiger partial charge < -0.3 is 30.5 Å². The van der Waals surface area contributed by atoms with E-state index >= 15 is 0 Å². The van der Waals surface area contributed by atoms with Gasteiger partial charge in [0.1, 0.15) is 18.3 Å². The topological polar surface area (TPSA) is 102 Å². The van der Waals surface area contributed by atoms with Crippen molar-refractivity contribution in [3.05, 3.63) is 29.8 Å². The van der Waals surface area contributed by atoms with Crippen LogP contribution < -0.4 is 5.32 Å². The number of unbranched alkanes of at least 4 members (excludes halogenated alkanes) is 1. The van der Waals surface area contributed by atoms with Gasteiger partial charge in [0.15, 0.2) is 0 Å². The molecule has 1 aliphatic heterocycles. The Balaban J connectivity index is 1.91. The summed E-state index contributed by atoms with van der Waals surface area (Å²) >= 11 is 0. The van der Waals surface area contributed by atoms with Gasteiger partial charge in [-0.3, -0.25) is 0 Å². The Morgan fingerprint density at radius 2 is 1.91 bits per heavy atom. The third kappa shape index (κ3) is 3.97. The highest BCUT2D eigenvalue weighted by molar-refractivity contribution is 5.45. The number of aliphatic hydroxyl groups excluding tert-OH is 3. The minimum atomic E-state index is -1.93. The van der Waals surface area contributed by atoms with Crippen molar-refractivity contribution < 1.29 is 25.2 Å². The molecule has 1 saturated heterocycles. The monoisotopic (exact) mass is 311 g/mol. The van der Waals surface area contributed by atoms with Crippen LogP contribution in [0.15, 0.2) is 24.3 Å². The highest BCUT2D eigenvalue weighted by Gasteiger charge is 2.48. The van der Waals surface area contributed by atoms with E-state index in [9.17, 15) is 20.4 Å². The lowest BCUT2D eigenvalue weighted by atomic mass is 9.97. The van der Waals surface area contributed by atoms with Crippen LogP contribution in [0.5, 0.6) is 0 Å². The number of hydrogen-bond donors (Lipinski definition) is 5. The Kier molecular flexibility index (Phi) is 5.77. The molecule has 0 amide bonds. The lowest BCUT2D eigenvalue weighted by Crippen LogP contribution is -2.63. The van der Waals surface area contributed by atoms with Crippen molar-refractivity contribution in [3.63, 3.8) is 0 Å². The Bertz CT molecular complexity index is 466.